The monoisotopic (exact) mass is 201 g/mol. The minimum Gasteiger partial charge on any atom is -0.319 e. The molecule has 1 aromatic rings. The van der Waals surface area contributed by atoms with Crippen molar-refractivity contribution in [1.82, 2.24) is 5.32 Å². The first-order valence-electron chi connectivity index (χ1n) is 5.47. The smallest absolute Gasteiger partial charge is 0.0248 e. The quantitative estimate of drug-likeness (QED) is 0.585. The second-order valence-electron chi connectivity index (χ2n) is 3.94. The average molecular weight is 201 g/mol. The van der Waals surface area contributed by atoms with Crippen LogP contribution in [0.25, 0.3) is 0 Å². The van der Waals surface area contributed by atoms with Crippen molar-refractivity contribution < 1.29 is 0 Å². The van der Waals surface area contributed by atoms with Gasteiger partial charge >= 0.3 is 0 Å². The van der Waals surface area contributed by atoms with Gasteiger partial charge in [0.15, 0.2) is 0 Å². The molecule has 1 heteroatoms. The Bertz CT molecular complexity index is 355. The second-order valence-corrected chi connectivity index (χ2v) is 3.94. The SMILES string of the molecule is CNCCC#Cc1cccc(C(C)C)c1. The number of hydrogen-bond acceptors (Lipinski definition) is 1. The van der Waals surface area contributed by atoms with Crippen LogP contribution in [0.15, 0.2) is 24.3 Å². The maximum atomic E-state index is 3.18. The predicted octanol–water partition coefficient (Wildman–Crippen LogP) is 2.77. The number of benzene rings is 1. The maximum absolute atomic E-state index is 3.18. The zero-order chi connectivity index (χ0) is 11.1. The molecule has 1 rings (SSSR count). The van der Waals surface area contributed by atoms with Gasteiger partial charge in [-0.1, -0.05) is 37.8 Å². The average Bonchev–Trinajstić information content (AvgIpc) is 2.25. The molecule has 0 bridgehead atoms. The Labute approximate surface area is 92.9 Å². The maximum Gasteiger partial charge on any atom is 0.0248 e. The van der Waals surface area contributed by atoms with E-state index < -0.39 is 0 Å². The lowest BCUT2D eigenvalue weighted by molar-refractivity contribution is 0.818. The van der Waals surface area contributed by atoms with Crippen molar-refractivity contribution in [1.29, 1.82) is 0 Å². The third kappa shape index (κ3) is 4.18. The van der Waals surface area contributed by atoms with Crippen molar-refractivity contribution in [3.8, 4) is 11.8 Å². The topological polar surface area (TPSA) is 12.0 Å². The van der Waals surface area contributed by atoms with Crippen molar-refractivity contribution >= 4 is 0 Å². The summed E-state index contributed by atoms with van der Waals surface area (Å²) in [6, 6.07) is 8.48. The van der Waals surface area contributed by atoms with Crippen LogP contribution in [0.5, 0.6) is 0 Å². The van der Waals surface area contributed by atoms with Crippen LogP contribution in [-0.2, 0) is 0 Å². The molecule has 0 heterocycles. The van der Waals surface area contributed by atoms with Crippen LogP contribution in [-0.4, -0.2) is 13.6 Å². The summed E-state index contributed by atoms with van der Waals surface area (Å²) in [5, 5.41) is 3.08. The zero-order valence-corrected chi connectivity index (χ0v) is 9.80. The highest BCUT2D eigenvalue weighted by Crippen LogP contribution is 2.14. The van der Waals surface area contributed by atoms with E-state index in [9.17, 15) is 0 Å². The fraction of sp³-hybridized carbons (Fsp3) is 0.429. The predicted molar refractivity (Wildman–Crippen MR) is 66.0 cm³/mol. The third-order valence-electron chi connectivity index (χ3n) is 2.29. The van der Waals surface area contributed by atoms with Crippen molar-refractivity contribution in [2.45, 2.75) is 26.2 Å². The van der Waals surface area contributed by atoms with E-state index >= 15 is 0 Å². The van der Waals surface area contributed by atoms with Gasteiger partial charge in [-0.3, -0.25) is 0 Å². The standard InChI is InChI=1S/C14H19N/c1-12(2)14-9-6-8-13(11-14)7-4-5-10-15-3/h6,8-9,11-12,15H,5,10H2,1-3H3. The molecule has 0 atom stereocenters. The van der Waals surface area contributed by atoms with Crippen molar-refractivity contribution in [2.75, 3.05) is 13.6 Å². The van der Waals surface area contributed by atoms with Gasteiger partial charge in [-0.25, -0.2) is 0 Å². The number of rotatable bonds is 3. The Kier molecular flexibility index (Phi) is 4.93. The van der Waals surface area contributed by atoms with Gasteiger partial charge in [-0.15, -0.1) is 0 Å². The summed E-state index contributed by atoms with van der Waals surface area (Å²) in [7, 11) is 1.95. The summed E-state index contributed by atoms with van der Waals surface area (Å²) in [6.07, 6.45) is 0.905. The highest BCUT2D eigenvalue weighted by molar-refractivity contribution is 5.38. The van der Waals surface area contributed by atoms with Crippen molar-refractivity contribution in [3.63, 3.8) is 0 Å². The van der Waals surface area contributed by atoms with Crippen molar-refractivity contribution in [3.05, 3.63) is 35.4 Å². The molecule has 0 aliphatic heterocycles. The van der Waals surface area contributed by atoms with Gasteiger partial charge in [0.25, 0.3) is 0 Å². The largest absolute Gasteiger partial charge is 0.319 e. The summed E-state index contributed by atoms with van der Waals surface area (Å²) in [4.78, 5) is 0. The Balaban J connectivity index is 2.67. The second kappa shape index (κ2) is 6.27. The first-order valence-corrected chi connectivity index (χ1v) is 5.47. The van der Waals surface area contributed by atoms with Gasteiger partial charge in [0.2, 0.25) is 0 Å². The van der Waals surface area contributed by atoms with E-state index in [2.05, 4.69) is 55.3 Å². The fourth-order valence-electron chi connectivity index (χ4n) is 1.33. The van der Waals surface area contributed by atoms with Crippen LogP contribution < -0.4 is 5.32 Å². The fourth-order valence-corrected chi connectivity index (χ4v) is 1.33. The van der Waals surface area contributed by atoms with Crippen LogP contribution in [0.3, 0.4) is 0 Å². The van der Waals surface area contributed by atoms with Crippen LogP contribution in [0.1, 0.15) is 37.3 Å². The van der Waals surface area contributed by atoms with Gasteiger partial charge in [-0.05, 0) is 30.7 Å². The highest BCUT2D eigenvalue weighted by Gasteiger charge is 1.97. The zero-order valence-electron chi connectivity index (χ0n) is 9.80. The van der Waals surface area contributed by atoms with Gasteiger partial charge in [0.1, 0.15) is 0 Å². The molecule has 0 amide bonds. The van der Waals surface area contributed by atoms with E-state index in [4.69, 9.17) is 0 Å². The van der Waals surface area contributed by atoms with E-state index in [1.165, 1.54) is 5.56 Å². The molecule has 1 nitrogen and oxygen atoms in total. The molecule has 0 spiro atoms. The molecule has 0 aliphatic rings. The molecule has 0 radical (unpaired) electrons. The molecule has 15 heavy (non-hydrogen) atoms. The summed E-state index contributed by atoms with van der Waals surface area (Å²) in [5.41, 5.74) is 2.48. The van der Waals surface area contributed by atoms with E-state index in [0.717, 1.165) is 18.5 Å². The van der Waals surface area contributed by atoms with Crippen LogP contribution in [0.2, 0.25) is 0 Å². The first-order chi connectivity index (χ1) is 7.24. The Morgan fingerprint density at radius 1 is 1.33 bits per heavy atom. The Morgan fingerprint density at radius 2 is 2.13 bits per heavy atom. The van der Waals surface area contributed by atoms with Gasteiger partial charge in [0, 0.05) is 18.5 Å². The van der Waals surface area contributed by atoms with E-state index in [1.807, 2.05) is 7.05 Å². The van der Waals surface area contributed by atoms with Gasteiger partial charge in [0.05, 0.1) is 0 Å². The lowest BCUT2D eigenvalue weighted by atomic mass is 10.0. The van der Waals surface area contributed by atoms with Gasteiger partial charge < -0.3 is 5.32 Å². The number of nitrogens with one attached hydrogen (secondary N) is 1. The molecule has 0 saturated heterocycles. The summed E-state index contributed by atoms with van der Waals surface area (Å²) >= 11 is 0. The summed E-state index contributed by atoms with van der Waals surface area (Å²) in [6.45, 7) is 5.36. The van der Waals surface area contributed by atoms with Gasteiger partial charge in [-0.2, -0.15) is 0 Å². The summed E-state index contributed by atoms with van der Waals surface area (Å²) < 4.78 is 0. The minimum absolute atomic E-state index is 0.573. The van der Waals surface area contributed by atoms with E-state index in [-0.39, 0.29) is 0 Å². The minimum atomic E-state index is 0.573. The molecule has 0 unspecified atom stereocenters. The van der Waals surface area contributed by atoms with Crippen LogP contribution in [0.4, 0.5) is 0 Å². The molecule has 0 fully saturated rings. The molecule has 0 saturated carbocycles. The van der Waals surface area contributed by atoms with E-state index in [1.54, 1.807) is 0 Å². The number of hydrogen-bond donors (Lipinski definition) is 1. The molecule has 1 N–H and O–H groups in total. The van der Waals surface area contributed by atoms with Crippen LogP contribution >= 0.6 is 0 Å². The molecule has 80 valence electrons. The Morgan fingerprint density at radius 3 is 2.80 bits per heavy atom. The highest BCUT2D eigenvalue weighted by atomic mass is 14.8. The van der Waals surface area contributed by atoms with Crippen LogP contribution in [0, 0.1) is 11.8 Å². The molecule has 0 aromatic heterocycles. The third-order valence-corrected chi connectivity index (χ3v) is 2.29. The van der Waals surface area contributed by atoms with E-state index in [0.29, 0.717) is 5.92 Å². The normalized spacial score (nSPS) is 9.87. The Hall–Kier alpha value is -1.26. The summed E-state index contributed by atoms with van der Waals surface area (Å²) in [5.74, 6) is 6.91. The lowest BCUT2D eigenvalue weighted by Gasteiger charge is -2.04. The molecule has 0 aliphatic carbocycles. The molecule has 1 aromatic carbocycles. The van der Waals surface area contributed by atoms with Crippen molar-refractivity contribution in [2.24, 2.45) is 0 Å². The molecular formula is C14H19N. The first kappa shape index (κ1) is 11.8. The molecular weight excluding hydrogens is 182 g/mol. The lowest BCUT2D eigenvalue weighted by Crippen LogP contribution is -2.05.